The van der Waals surface area contributed by atoms with E-state index < -0.39 is 12.0 Å². The van der Waals surface area contributed by atoms with Crippen molar-refractivity contribution in [2.75, 3.05) is 12.9 Å². The molecule has 0 radical (unpaired) electrons. The fraction of sp³-hybridized carbons (Fsp3) is 0.450. The lowest BCUT2D eigenvalue weighted by molar-refractivity contribution is -0.146. The minimum Gasteiger partial charge on any atom is -0.467 e. The fourth-order valence-corrected chi connectivity index (χ4v) is 3.39. The highest BCUT2D eigenvalue weighted by molar-refractivity contribution is 7.99. The molecule has 1 amide bonds. The quantitative estimate of drug-likeness (QED) is 0.554. The number of ether oxygens (including phenoxy) is 1. The lowest BCUT2D eigenvalue weighted by Crippen LogP contribution is -2.46. The first kappa shape index (κ1) is 21.0. The van der Waals surface area contributed by atoms with Gasteiger partial charge in [0.05, 0.1) is 12.9 Å². The summed E-state index contributed by atoms with van der Waals surface area (Å²) in [6.45, 7) is 8.03. The van der Waals surface area contributed by atoms with Crippen molar-refractivity contribution in [3.8, 4) is 5.69 Å². The first-order valence-electron chi connectivity index (χ1n) is 8.98. The van der Waals surface area contributed by atoms with Crippen molar-refractivity contribution < 1.29 is 14.3 Å². The highest BCUT2D eigenvalue weighted by Gasteiger charge is 2.26. The van der Waals surface area contributed by atoms with Crippen LogP contribution in [0.25, 0.3) is 5.69 Å². The molecule has 2 aromatic rings. The van der Waals surface area contributed by atoms with Crippen molar-refractivity contribution in [2.24, 2.45) is 5.92 Å². The molecule has 1 heterocycles. The Morgan fingerprint density at radius 3 is 2.67 bits per heavy atom. The molecule has 0 fully saturated rings. The van der Waals surface area contributed by atoms with Gasteiger partial charge in [-0.15, -0.1) is 0 Å². The van der Waals surface area contributed by atoms with Crippen LogP contribution in [0.1, 0.15) is 31.4 Å². The number of nitrogens with one attached hydrogen (secondary N) is 1. The summed E-state index contributed by atoms with van der Waals surface area (Å²) in [4.78, 5) is 28.6. The van der Waals surface area contributed by atoms with Crippen molar-refractivity contribution in [3.63, 3.8) is 0 Å². The third-order valence-electron chi connectivity index (χ3n) is 4.69. The number of carbonyl (C=O) groups is 2. The van der Waals surface area contributed by atoms with Gasteiger partial charge in [0.25, 0.3) is 0 Å². The summed E-state index contributed by atoms with van der Waals surface area (Å²) in [6.07, 6.45) is 4.36. The Kier molecular flexibility index (Phi) is 7.47. The average molecular weight is 390 g/mol. The van der Waals surface area contributed by atoms with E-state index in [1.807, 2.05) is 30.7 Å². The topological polar surface area (TPSA) is 73.2 Å². The summed E-state index contributed by atoms with van der Waals surface area (Å²) < 4.78 is 6.76. The Bertz CT molecular complexity index is 804. The van der Waals surface area contributed by atoms with E-state index in [0.29, 0.717) is 0 Å². The van der Waals surface area contributed by atoms with Gasteiger partial charge in [0.15, 0.2) is 5.16 Å². The van der Waals surface area contributed by atoms with Crippen LogP contribution in [0.3, 0.4) is 0 Å². The Balaban J connectivity index is 2.04. The van der Waals surface area contributed by atoms with Crippen molar-refractivity contribution in [1.82, 2.24) is 14.9 Å². The van der Waals surface area contributed by atoms with Gasteiger partial charge < -0.3 is 10.1 Å². The van der Waals surface area contributed by atoms with Gasteiger partial charge in [-0.1, -0.05) is 38.1 Å². The highest BCUT2D eigenvalue weighted by atomic mass is 32.2. The molecule has 27 heavy (non-hydrogen) atoms. The maximum absolute atomic E-state index is 12.4. The molecule has 0 aliphatic heterocycles. The third-order valence-corrected chi connectivity index (χ3v) is 5.66. The van der Waals surface area contributed by atoms with E-state index in [1.165, 1.54) is 30.0 Å². The Morgan fingerprint density at radius 1 is 1.30 bits per heavy atom. The van der Waals surface area contributed by atoms with Crippen molar-refractivity contribution in [2.45, 2.75) is 45.3 Å². The van der Waals surface area contributed by atoms with E-state index in [2.05, 4.69) is 36.3 Å². The number of carbonyl (C=O) groups excluding carboxylic acids is 2. The summed E-state index contributed by atoms with van der Waals surface area (Å²) in [5, 5.41) is 3.51. The van der Waals surface area contributed by atoms with E-state index in [9.17, 15) is 9.59 Å². The van der Waals surface area contributed by atoms with Crippen LogP contribution in [0.15, 0.2) is 35.7 Å². The van der Waals surface area contributed by atoms with Crippen LogP contribution in [0, 0.1) is 19.8 Å². The first-order chi connectivity index (χ1) is 12.9. The van der Waals surface area contributed by atoms with Gasteiger partial charge in [-0.25, -0.2) is 9.78 Å². The summed E-state index contributed by atoms with van der Waals surface area (Å²) in [5.41, 5.74) is 3.43. The van der Waals surface area contributed by atoms with Crippen molar-refractivity contribution >= 4 is 23.6 Å². The molecule has 0 aliphatic carbocycles. The van der Waals surface area contributed by atoms with Crippen LogP contribution in [-0.4, -0.2) is 40.3 Å². The number of hydrogen-bond acceptors (Lipinski definition) is 5. The fourth-order valence-electron chi connectivity index (χ4n) is 2.61. The van der Waals surface area contributed by atoms with E-state index in [-0.39, 0.29) is 17.6 Å². The molecule has 1 aromatic heterocycles. The van der Waals surface area contributed by atoms with Crippen molar-refractivity contribution in [1.29, 1.82) is 0 Å². The summed E-state index contributed by atoms with van der Waals surface area (Å²) in [7, 11) is 1.33. The summed E-state index contributed by atoms with van der Waals surface area (Å²) in [5.74, 6) is -0.459. The molecule has 0 spiro atoms. The molecule has 1 N–H and O–H groups in total. The Labute approximate surface area is 164 Å². The molecule has 1 aromatic carbocycles. The minimum atomic E-state index is -0.632. The molecule has 2 rings (SSSR count). The molecule has 2 atom stereocenters. The molecule has 146 valence electrons. The summed E-state index contributed by atoms with van der Waals surface area (Å²) >= 11 is 1.34. The number of amides is 1. The second-order valence-corrected chi connectivity index (χ2v) is 7.53. The molecule has 6 nitrogen and oxygen atoms in total. The van der Waals surface area contributed by atoms with Crippen molar-refractivity contribution in [3.05, 3.63) is 41.7 Å². The molecular formula is C20H27N3O3S. The molecule has 0 saturated heterocycles. The maximum atomic E-state index is 12.4. The van der Waals surface area contributed by atoms with Crippen LogP contribution < -0.4 is 5.32 Å². The van der Waals surface area contributed by atoms with E-state index >= 15 is 0 Å². The van der Waals surface area contributed by atoms with Gasteiger partial charge in [-0.2, -0.15) is 0 Å². The first-order valence-corrected chi connectivity index (χ1v) is 9.96. The predicted octanol–water partition coefficient (Wildman–Crippen LogP) is 3.29. The Hall–Kier alpha value is -2.28. The zero-order valence-corrected chi connectivity index (χ0v) is 17.3. The number of rotatable bonds is 8. The molecule has 7 heteroatoms. The molecular weight excluding hydrogens is 362 g/mol. The van der Waals surface area contributed by atoms with Gasteiger partial charge in [0, 0.05) is 18.1 Å². The zero-order valence-electron chi connectivity index (χ0n) is 16.5. The molecule has 0 saturated carbocycles. The Morgan fingerprint density at radius 2 is 2.04 bits per heavy atom. The zero-order chi connectivity index (χ0) is 20.0. The smallest absolute Gasteiger partial charge is 0.328 e. The second kappa shape index (κ2) is 9.60. The average Bonchev–Trinajstić information content (AvgIpc) is 3.14. The minimum absolute atomic E-state index is 0.00363. The van der Waals surface area contributed by atoms with E-state index in [0.717, 1.165) is 17.3 Å². The second-order valence-electron chi connectivity index (χ2n) is 6.59. The lowest BCUT2D eigenvalue weighted by atomic mass is 9.99. The predicted molar refractivity (Wildman–Crippen MR) is 107 cm³/mol. The van der Waals surface area contributed by atoms with Crippen LogP contribution >= 0.6 is 11.8 Å². The lowest BCUT2D eigenvalue weighted by Gasteiger charge is -2.21. The largest absolute Gasteiger partial charge is 0.467 e. The molecule has 0 aliphatic rings. The number of thioether (sulfide) groups is 1. The standard InChI is InChI=1S/C20H27N3O3S/c1-6-13(2)18(19(25)26-5)22-17(24)12-27-20-21-9-10-23(20)16-8-7-14(3)15(4)11-16/h7-11,13,18H,6,12H2,1-5H3,(H,22,24)/t13-,18-/m0/s1. The van der Waals surface area contributed by atoms with Crippen LogP contribution in [-0.2, 0) is 14.3 Å². The number of hydrogen-bond donors (Lipinski definition) is 1. The monoisotopic (exact) mass is 389 g/mol. The van der Waals surface area contributed by atoms with E-state index in [4.69, 9.17) is 4.74 Å². The number of aromatic nitrogens is 2. The van der Waals surface area contributed by atoms with Gasteiger partial charge in [-0.3, -0.25) is 9.36 Å². The number of imidazole rings is 1. The third kappa shape index (κ3) is 5.35. The number of benzene rings is 1. The van der Waals surface area contributed by atoms with E-state index in [1.54, 1.807) is 6.20 Å². The SMILES string of the molecule is CC[C@H](C)[C@H](NC(=O)CSc1nccn1-c1ccc(C)c(C)c1)C(=O)OC. The normalized spacial score (nSPS) is 13.1. The van der Waals surface area contributed by atoms with Gasteiger partial charge in [0.1, 0.15) is 6.04 Å². The van der Waals surface area contributed by atoms with Crippen LogP contribution in [0.5, 0.6) is 0 Å². The number of aryl methyl sites for hydroxylation is 2. The molecule has 0 bridgehead atoms. The van der Waals surface area contributed by atoms with Gasteiger partial charge in [-0.05, 0) is 43.0 Å². The highest BCUT2D eigenvalue weighted by Crippen LogP contribution is 2.22. The number of esters is 1. The van der Waals surface area contributed by atoms with Gasteiger partial charge >= 0.3 is 5.97 Å². The molecule has 0 unspecified atom stereocenters. The van der Waals surface area contributed by atoms with Gasteiger partial charge in [0.2, 0.25) is 5.91 Å². The number of methoxy groups -OCH3 is 1. The maximum Gasteiger partial charge on any atom is 0.328 e. The van der Waals surface area contributed by atoms with Crippen LogP contribution in [0.4, 0.5) is 0 Å². The van der Waals surface area contributed by atoms with Crippen LogP contribution in [0.2, 0.25) is 0 Å². The number of nitrogens with zero attached hydrogens (tertiary/aromatic N) is 2. The summed E-state index contributed by atoms with van der Waals surface area (Å²) in [6, 6.07) is 5.56.